The molecule has 0 aliphatic heterocycles. The van der Waals surface area contributed by atoms with Crippen molar-refractivity contribution in [3.63, 3.8) is 0 Å². The van der Waals surface area contributed by atoms with Gasteiger partial charge < -0.3 is 10.1 Å². The Hall–Kier alpha value is -2.08. The van der Waals surface area contributed by atoms with E-state index >= 15 is 0 Å². The maximum atomic E-state index is 12.5. The fourth-order valence-electron chi connectivity index (χ4n) is 1.70. The average molecular weight is 296 g/mol. The van der Waals surface area contributed by atoms with Crippen molar-refractivity contribution in [2.24, 2.45) is 0 Å². The number of nitrogens with one attached hydrogen (secondary N) is 1. The first-order valence-corrected chi connectivity index (χ1v) is 6.51. The predicted molar refractivity (Wildman–Crippen MR) is 73.1 cm³/mol. The molecule has 2 rings (SSSR count). The molecule has 0 fully saturated rings. The molecular formula is C15H15F3N2O. The molecule has 0 spiro atoms. The zero-order valence-corrected chi connectivity index (χ0v) is 11.4. The number of ether oxygens (including phenoxy) is 1. The maximum absolute atomic E-state index is 12.5. The smallest absolute Gasteiger partial charge is 0.416 e. The lowest BCUT2D eigenvalue weighted by Crippen LogP contribution is -2.12. The van der Waals surface area contributed by atoms with Gasteiger partial charge in [0, 0.05) is 12.6 Å². The third-order valence-electron chi connectivity index (χ3n) is 2.74. The van der Waals surface area contributed by atoms with Crippen LogP contribution in [0.25, 0.3) is 0 Å². The van der Waals surface area contributed by atoms with E-state index < -0.39 is 11.7 Å². The number of halogens is 3. The van der Waals surface area contributed by atoms with E-state index in [9.17, 15) is 13.2 Å². The molecule has 0 radical (unpaired) electrons. The summed E-state index contributed by atoms with van der Waals surface area (Å²) in [7, 11) is 0. The van der Waals surface area contributed by atoms with Gasteiger partial charge in [-0.25, -0.2) is 4.98 Å². The van der Waals surface area contributed by atoms with Crippen LogP contribution in [-0.4, -0.2) is 11.5 Å². The Labute approximate surface area is 120 Å². The van der Waals surface area contributed by atoms with Gasteiger partial charge in [-0.3, -0.25) is 0 Å². The van der Waals surface area contributed by atoms with E-state index in [0.717, 1.165) is 24.4 Å². The van der Waals surface area contributed by atoms with Crippen LogP contribution in [0.3, 0.4) is 0 Å². The number of aromatic nitrogens is 1. The van der Waals surface area contributed by atoms with Crippen molar-refractivity contribution in [2.75, 3.05) is 6.54 Å². The third-order valence-corrected chi connectivity index (χ3v) is 2.74. The molecule has 0 saturated heterocycles. The fourth-order valence-corrected chi connectivity index (χ4v) is 1.70. The molecule has 2 aromatic rings. The van der Waals surface area contributed by atoms with Crippen molar-refractivity contribution >= 4 is 0 Å². The minimum Gasteiger partial charge on any atom is -0.439 e. The quantitative estimate of drug-likeness (QED) is 0.905. The molecule has 0 atom stereocenters. The molecule has 0 aliphatic rings. The first kappa shape index (κ1) is 15.3. The minimum absolute atomic E-state index is 0.316. The fraction of sp³-hybridized carbons (Fsp3) is 0.267. The van der Waals surface area contributed by atoms with Crippen molar-refractivity contribution < 1.29 is 17.9 Å². The molecule has 0 saturated carbocycles. The lowest BCUT2D eigenvalue weighted by molar-refractivity contribution is -0.137. The number of rotatable bonds is 5. The van der Waals surface area contributed by atoms with Crippen molar-refractivity contribution in [3.8, 4) is 11.6 Å². The molecule has 0 bridgehead atoms. The summed E-state index contributed by atoms with van der Waals surface area (Å²) in [5, 5.41) is 3.14. The van der Waals surface area contributed by atoms with Crippen LogP contribution in [0, 0.1) is 0 Å². The Bertz CT molecular complexity index is 582. The van der Waals surface area contributed by atoms with Crippen LogP contribution in [0.15, 0.2) is 42.5 Å². The first-order valence-electron chi connectivity index (χ1n) is 6.51. The molecule has 21 heavy (non-hydrogen) atoms. The number of hydrogen-bond acceptors (Lipinski definition) is 3. The van der Waals surface area contributed by atoms with E-state index in [2.05, 4.69) is 10.3 Å². The summed E-state index contributed by atoms with van der Waals surface area (Å²) < 4.78 is 42.8. The number of alkyl halides is 3. The predicted octanol–water partition coefficient (Wildman–Crippen LogP) is 4.00. The van der Waals surface area contributed by atoms with Crippen LogP contribution in [0.2, 0.25) is 0 Å². The summed E-state index contributed by atoms with van der Waals surface area (Å²) in [5.41, 5.74) is 0.102. The zero-order chi connectivity index (χ0) is 15.3. The molecule has 0 amide bonds. The monoisotopic (exact) mass is 296 g/mol. The van der Waals surface area contributed by atoms with E-state index in [1.54, 1.807) is 12.1 Å². The third kappa shape index (κ3) is 4.46. The van der Waals surface area contributed by atoms with Gasteiger partial charge in [0.05, 0.1) is 11.3 Å². The van der Waals surface area contributed by atoms with Crippen LogP contribution in [0.5, 0.6) is 11.6 Å². The molecule has 112 valence electrons. The molecule has 1 aromatic heterocycles. The minimum atomic E-state index is -4.34. The van der Waals surface area contributed by atoms with E-state index in [1.807, 2.05) is 13.0 Å². The van der Waals surface area contributed by atoms with Gasteiger partial charge in [0.2, 0.25) is 5.88 Å². The lowest BCUT2D eigenvalue weighted by Gasteiger charge is -2.09. The van der Waals surface area contributed by atoms with Crippen molar-refractivity contribution in [1.29, 1.82) is 0 Å². The molecule has 6 heteroatoms. The van der Waals surface area contributed by atoms with Gasteiger partial charge in [-0.05, 0) is 36.9 Å². The molecule has 1 heterocycles. The Morgan fingerprint density at radius 3 is 2.43 bits per heavy atom. The Kier molecular flexibility index (Phi) is 4.80. The highest BCUT2D eigenvalue weighted by Crippen LogP contribution is 2.31. The normalized spacial score (nSPS) is 11.4. The maximum Gasteiger partial charge on any atom is 0.416 e. The topological polar surface area (TPSA) is 34.1 Å². The van der Waals surface area contributed by atoms with Crippen molar-refractivity contribution in [1.82, 2.24) is 10.3 Å². The van der Waals surface area contributed by atoms with Crippen LogP contribution < -0.4 is 10.1 Å². The summed E-state index contributed by atoms with van der Waals surface area (Å²) in [6.45, 7) is 3.43. The van der Waals surface area contributed by atoms with Gasteiger partial charge >= 0.3 is 6.18 Å². The van der Waals surface area contributed by atoms with Crippen molar-refractivity contribution in [3.05, 3.63) is 53.7 Å². The molecule has 0 unspecified atom stereocenters. The lowest BCUT2D eigenvalue weighted by atomic mass is 10.2. The van der Waals surface area contributed by atoms with E-state index in [-0.39, 0.29) is 0 Å². The van der Waals surface area contributed by atoms with Crippen LogP contribution in [0.4, 0.5) is 13.2 Å². The number of pyridine rings is 1. The SMILES string of the molecule is CCNCc1cccc(Oc2ccc(C(F)(F)F)cc2)n1. The van der Waals surface area contributed by atoms with Crippen LogP contribution >= 0.6 is 0 Å². The highest BCUT2D eigenvalue weighted by molar-refractivity contribution is 5.32. The van der Waals surface area contributed by atoms with Gasteiger partial charge in [0.15, 0.2) is 0 Å². The standard InChI is InChI=1S/C15H15F3N2O/c1-2-19-10-12-4-3-5-14(20-12)21-13-8-6-11(7-9-13)15(16,17)18/h3-9,19H,2,10H2,1H3. The molecule has 0 aliphatic carbocycles. The average Bonchev–Trinajstić information content (AvgIpc) is 2.45. The summed E-state index contributed by atoms with van der Waals surface area (Å²) in [6.07, 6.45) is -4.34. The number of hydrogen-bond donors (Lipinski definition) is 1. The largest absolute Gasteiger partial charge is 0.439 e. The van der Waals surface area contributed by atoms with E-state index in [0.29, 0.717) is 18.2 Å². The zero-order valence-electron chi connectivity index (χ0n) is 11.4. The molecule has 1 N–H and O–H groups in total. The van der Waals surface area contributed by atoms with E-state index in [1.165, 1.54) is 12.1 Å². The number of benzene rings is 1. The summed E-state index contributed by atoms with van der Waals surface area (Å²) in [6, 6.07) is 9.83. The van der Waals surface area contributed by atoms with E-state index in [4.69, 9.17) is 4.74 Å². The Morgan fingerprint density at radius 1 is 1.10 bits per heavy atom. The second-order valence-electron chi connectivity index (χ2n) is 4.37. The van der Waals surface area contributed by atoms with Gasteiger partial charge in [-0.15, -0.1) is 0 Å². The second-order valence-corrected chi connectivity index (χ2v) is 4.37. The highest BCUT2D eigenvalue weighted by atomic mass is 19.4. The number of nitrogens with zero attached hydrogens (tertiary/aromatic N) is 1. The summed E-state index contributed by atoms with van der Waals surface area (Å²) in [5.74, 6) is 0.668. The summed E-state index contributed by atoms with van der Waals surface area (Å²) in [4.78, 5) is 4.27. The summed E-state index contributed by atoms with van der Waals surface area (Å²) >= 11 is 0. The van der Waals surface area contributed by atoms with Gasteiger partial charge in [0.1, 0.15) is 5.75 Å². The van der Waals surface area contributed by atoms with Gasteiger partial charge in [-0.2, -0.15) is 13.2 Å². The molecular weight excluding hydrogens is 281 g/mol. The van der Waals surface area contributed by atoms with Crippen LogP contribution in [-0.2, 0) is 12.7 Å². The van der Waals surface area contributed by atoms with Crippen LogP contribution in [0.1, 0.15) is 18.2 Å². The molecule has 1 aromatic carbocycles. The van der Waals surface area contributed by atoms with Crippen molar-refractivity contribution in [2.45, 2.75) is 19.6 Å². The highest BCUT2D eigenvalue weighted by Gasteiger charge is 2.30. The molecule has 3 nitrogen and oxygen atoms in total. The van der Waals surface area contributed by atoms with Gasteiger partial charge in [0.25, 0.3) is 0 Å². The Balaban J connectivity index is 2.07. The Morgan fingerprint density at radius 2 is 1.81 bits per heavy atom. The van der Waals surface area contributed by atoms with Gasteiger partial charge in [-0.1, -0.05) is 13.0 Å². The first-order chi connectivity index (χ1) is 9.99. The second kappa shape index (κ2) is 6.58.